The standard InChI is InChI=1S/C22H22ClFN4O2/c1-2-21(30)26-12-13-3-6-19(28-22(13)25)17-10-16(5-8-20(17)29)27-18-7-4-15(23)9-14(18)11-24/h3-10,27,29H,2,11-12H2,1H3,(H2,25,28)(H,26,30). The number of anilines is 3. The molecule has 3 aromatic rings. The van der Waals surface area contributed by atoms with E-state index in [1.165, 1.54) is 6.07 Å². The van der Waals surface area contributed by atoms with Gasteiger partial charge in [-0.2, -0.15) is 0 Å². The minimum Gasteiger partial charge on any atom is -0.507 e. The van der Waals surface area contributed by atoms with Crippen molar-refractivity contribution in [1.82, 2.24) is 10.3 Å². The molecule has 0 aliphatic carbocycles. The van der Waals surface area contributed by atoms with E-state index in [4.69, 9.17) is 17.3 Å². The number of phenolic OH excluding ortho intramolecular Hbond substituents is 1. The Morgan fingerprint density at radius 1 is 1.17 bits per heavy atom. The SMILES string of the molecule is CCC(=O)NCc1ccc(-c2cc(Nc3ccc(Cl)cc3CF)ccc2O)nc1N. The van der Waals surface area contributed by atoms with Crippen molar-refractivity contribution in [3.63, 3.8) is 0 Å². The smallest absolute Gasteiger partial charge is 0.219 e. The maximum Gasteiger partial charge on any atom is 0.219 e. The molecule has 3 rings (SSSR count). The van der Waals surface area contributed by atoms with E-state index in [1.807, 2.05) is 0 Å². The fourth-order valence-corrected chi connectivity index (χ4v) is 3.09. The molecule has 8 heteroatoms. The van der Waals surface area contributed by atoms with Crippen molar-refractivity contribution in [3.05, 3.63) is 64.7 Å². The van der Waals surface area contributed by atoms with E-state index >= 15 is 0 Å². The third-order valence-electron chi connectivity index (χ3n) is 4.57. The Bertz CT molecular complexity index is 1070. The molecule has 0 saturated heterocycles. The lowest BCUT2D eigenvalue weighted by Gasteiger charge is -2.13. The molecule has 0 radical (unpaired) electrons. The van der Waals surface area contributed by atoms with E-state index in [9.17, 15) is 14.3 Å². The number of pyridine rings is 1. The van der Waals surface area contributed by atoms with Crippen LogP contribution in [0.4, 0.5) is 21.6 Å². The van der Waals surface area contributed by atoms with Crippen molar-refractivity contribution in [2.75, 3.05) is 11.1 Å². The molecule has 5 N–H and O–H groups in total. The van der Waals surface area contributed by atoms with Crippen LogP contribution >= 0.6 is 11.6 Å². The van der Waals surface area contributed by atoms with Crippen LogP contribution in [-0.4, -0.2) is 16.0 Å². The highest BCUT2D eigenvalue weighted by Crippen LogP contribution is 2.33. The molecule has 156 valence electrons. The van der Waals surface area contributed by atoms with Crippen molar-refractivity contribution in [1.29, 1.82) is 0 Å². The Labute approximate surface area is 178 Å². The zero-order chi connectivity index (χ0) is 21.7. The average Bonchev–Trinajstić information content (AvgIpc) is 2.75. The topological polar surface area (TPSA) is 100 Å². The number of aromatic nitrogens is 1. The summed E-state index contributed by atoms with van der Waals surface area (Å²) in [4.78, 5) is 15.8. The fourth-order valence-electron chi connectivity index (χ4n) is 2.89. The molecule has 0 aliphatic heterocycles. The van der Waals surface area contributed by atoms with Gasteiger partial charge in [0.05, 0.1) is 5.69 Å². The van der Waals surface area contributed by atoms with Gasteiger partial charge in [-0.15, -0.1) is 0 Å². The van der Waals surface area contributed by atoms with Gasteiger partial charge in [0.1, 0.15) is 18.2 Å². The second-order valence-electron chi connectivity index (χ2n) is 6.66. The Morgan fingerprint density at radius 2 is 1.97 bits per heavy atom. The molecule has 0 unspecified atom stereocenters. The normalized spacial score (nSPS) is 10.6. The van der Waals surface area contributed by atoms with Crippen molar-refractivity contribution in [2.45, 2.75) is 26.6 Å². The van der Waals surface area contributed by atoms with Crippen LogP contribution in [0.5, 0.6) is 5.75 Å². The summed E-state index contributed by atoms with van der Waals surface area (Å²) in [6, 6.07) is 13.3. The van der Waals surface area contributed by atoms with Crippen LogP contribution in [0.2, 0.25) is 5.02 Å². The summed E-state index contributed by atoms with van der Waals surface area (Å²) in [7, 11) is 0. The number of nitrogens with one attached hydrogen (secondary N) is 2. The Hall–Kier alpha value is -3.32. The summed E-state index contributed by atoms with van der Waals surface area (Å²) in [5.41, 5.74) is 9.30. The van der Waals surface area contributed by atoms with Crippen molar-refractivity contribution >= 4 is 34.7 Å². The minimum atomic E-state index is -0.665. The highest BCUT2D eigenvalue weighted by molar-refractivity contribution is 6.30. The lowest BCUT2D eigenvalue weighted by molar-refractivity contribution is -0.120. The number of nitrogen functional groups attached to an aromatic ring is 1. The van der Waals surface area contributed by atoms with E-state index in [2.05, 4.69) is 15.6 Å². The van der Waals surface area contributed by atoms with Gasteiger partial charge in [-0.25, -0.2) is 9.37 Å². The first-order valence-electron chi connectivity index (χ1n) is 9.38. The molecule has 6 nitrogen and oxygen atoms in total. The summed E-state index contributed by atoms with van der Waals surface area (Å²) < 4.78 is 13.3. The van der Waals surface area contributed by atoms with Crippen LogP contribution in [-0.2, 0) is 18.0 Å². The number of hydrogen-bond acceptors (Lipinski definition) is 5. The Kier molecular flexibility index (Phi) is 6.74. The van der Waals surface area contributed by atoms with Gasteiger partial charge in [-0.05, 0) is 42.5 Å². The van der Waals surface area contributed by atoms with Crippen LogP contribution in [0.25, 0.3) is 11.3 Å². The van der Waals surface area contributed by atoms with Crippen molar-refractivity contribution in [3.8, 4) is 17.0 Å². The third-order valence-corrected chi connectivity index (χ3v) is 4.81. The molecule has 0 fully saturated rings. The number of halogens is 2. The fraction of sp³-hybridized carbons (Fsp3) is 0.182. The van der Waals surface area contributed by atoms with E-state index in [0.717, 1.165) is 0 Å². The van der Waals surface area contributed by atoms with Crippen molar-refractivity contribution < 1.29 is 14.3 Å². The molecule has 1 heterocycles. The molecular weight excluding hydrogens is 407 g/mol. The van der Waals surface area contributed by atoms with Gasteiger partial charge >= 0.3 is 0 Å². The van der Waals surface area contributed by atoms with Crippen molar-refractivity contribution in [2.24, 2.45) is 0 Å². The first kappa shape index (κ1) is 21.4. The molecule has 0 atom stereocenters. The summed E-state index contributed by atoms with van der Waals surface area (Å²) in [6.45, 7) is 1.38. The largest absolute Gasteiger partial charge is 0.507 e. The predicted octanol–water partition coefficient (Wildman–Crippen LogP) is 4.93. The first-order valence-corrected chi connectivity index (χ1v) is 9.76. The van der Waals surface area contributed by atoms with Crippen LogP contribution in [0.15, 0.2) is 48.5 Å². The molecule has 0 aliphatic rings. The maximum atomic E-state index is 13.3. The quantitative estimate of drug-likeness (QED) is 0.400. The number of alkyl halides is 1. The van der Waals surface area contributed by atoms with Gasteiger partial charge in [0.15, 0.2) is 0 Å². The number of hydrogen-bond donors (Lipinski definition) is 4. The van der Waals surface area contributed by atoms with Crippen LogP contribution in [0, 0.1) is 0 Å². The molecule has 30 heavy (non-hydrogen) atoms. The number of carbonyl (C=O) groups excluding carboxylic acids is 1. The van der Waals surface area contributed by atoms with Gasteiger partial charge in [0.2, 0.25) is 5.91 Å². The first-order chi connectivity index (χ1) is 14.4. The van der Waals surface area contributed by atoms with E-state index in [-0.39, 0.29) is 24.0 Å². The highest BCUT2D eigenvalue weighted by Gasteiger charge is 2.12. The number of phenols is 1. The van der Waals surface area contributed by atoms with Gasteiger partial charge in [-0.1, -0.05) is 24.6 Å². The van der Waals surface area contributed by atoms with Gasteiger partial charge in [-0.3, -0.25) is 4.79 Å². The average molecular weight is 429 g/mol. The molecule has 1 amide bonds. The number of nitrogens with zero attached hydrogens (tertiary/aromatic N) is 1. The monoisotopic (exact) mass is 428 g/mol. The molecular formula is C22H22ClFN4O2. The second-order valence-corrected chi connectivity index (χ2v) is 7.10. The van der Waals surface area contributed by atoms with E-state index in [1.54, 1.807) is 49.4 Å². The van der Waals surface area contributed by atoms with Crippen LogP contribution in [0.1, 0.15) is 24.5 Å². The summed E-state index contributed by atoms with van der Waals surface area (Å²) in [6.07, 6.45) is 0.386. The Morgan fingerprint density at radius 3 is 2.67 bits per heavy atom. The number of rotatable bonds is 7. The van der Waals surface area contributed by atoms with Gasteiger partial charge in [0, 0.05) is 46.1 Å². The summed E-state index contributed by atoms with van der Waals surface area (Å²) >= 11 is 5.93. The van der Waals surface area contributed by atoms with E-state index < -0.39 is 6.67 Å². The number of benzene rings is 2. The molecule has 2 aromatic carbocycles. The zero-order valence-electron chi connectivity index (χ0n) is 16.4. The number of nitrogens with two attached hydrogens (primary N) is 1. The molecule has 0 spiro atoms. The summed E-state index contributed by atoms with van der Waals surface area (Å²) in [5, 5.41) is 16.7. The second kappa shape index (κ2) is 9.45. The van der Waals surface area contributed by atoms with Gasteiger partial charge < -0.3 is 21.5 Å². The zero-order valence-corrected chi connectivity index (χ0v) is 17.1. The number of amides is 1. The lowest BCUT2D eigenvalue weighted by Crippen LogP contribution is -2.22. The molecule has 0 bridgehead atoms. The molecule has 0 saturated carbocycles. The summed E-state index contributed by atoms with van der Waals surface area (Å²) in [5.74, 6) is 0.213. The Balaban J connectivity index is 1.87. The van der Waals surface area contributed by atoms with Gasteiger partial charge in [0.25, 0.3) is 0 Å². The molecule has 1 aromatic heterocycles. The highest BCUT2D eigenvalue weighted by atomic mass is 35.5. The van der Waals surface area contributed by atoms with Crippen LogP contribution < -0.4 is 16.4 Å². The third kappa shape index (κ3) is 4.99. The lowest BCUT2D eigenvalue weighted by atomic mass is 10.1. The van der Waals surface area contributed by atoms with E-state index in [0.29, 0.717) is 45.2 Å². The van der Waals surface area contributed by atoms with Crippen LogP contribution in [0.3, 0.4) is 0 Å². The maximum absolute atomic E-state index is 13.3. The number of carbonyl (C=O) groups is 1. The number of aromatic hydroxyl groups is 1. The minimum absolute atomic E-state index is 0.0290. The predicted molar refractivity (Wildman–Crippen MR) is 117 cm³/mol.